The van der Waals surface area contributed by atoms with Crippen molar-refractivity contribution in [2.75, 3.05) is 22.1 Å². The molecule has 2 N–H and O–H groups in total. The highest BCUT2D eigenvalue weighted by molar-refractivity contribution is 7.14. The van der Waals surface area contributed by atoms with Crippen molar-refractivity contribution >= 4 is 39.7 Å². The number of fused-ring (bicyclic) bond motifs is 1. The summed E-state index contributed by atoms with van der Waals surface area (Å²) in [6, 6.07) is 9.25. The Kier molecular flexibility index (Phi) is 3.53. The van der Waals surface area contributed by atoms with Crippen LogP contribution >= 0.6 is 11.3 Å². The van der Waals surface area contributed by atoms with Gasteiger partial charge in [-0.3, -0.25) is 10.1 Å². The molecule has 0 bridgehead atoms. The molecule has 1 saturated carbocycles. The minimum atomic E-state index is -0.273. The average Bonchev–Trinajstić information content (AvgIpc) is 3.11. The molecule has 1 aromatic carbocycles. The first kappa shape index (κ1) is 14.3. The fourth-order valence-electron chi connectivity index (χ4n) is 2.86. The lowest BCUT2D eigenvalue weighted by molar-refractivity contribution is -0.119. The van der Waals surface area contributed by atoms with Crippen LogP contribution in [0, 0.1) is 5.92 Å². The largest absolute Gasteiger partial charge is 0.324 e. The van der Waals surface area contributed by atoms with E-state index in [-0.39, 0.29) is 17.9 Å². The Bertz CT molecular complexity index is 753. The van der Waals surface area contributed by atoms with E-state index in [4.69, 9.17) is 0 Å². The molecule has 0 saturated heterocycles. The van der Waals surface area contributed by atoms with Gasteiger partial charge in [0.05, 0.1) is 5.00 Å². The summed E-state index contributed by atoms with van der Waals surface area (Å²) in [7, 11) is 0. The van der Waals surface area contributed by atoms with Crippen molar-refractivity contribution in [2.24, 2.45) is 5.92 Å². The molecule has 118 valence electrons. The van der Waals surface area contributed by atoms with Gasteiger partial charge in [0.1, 0.15) is 0 Å². The summed E-state index contributed by atoms with van der Waals surface area (Å²) in [6.07, 6.45) is 2.90. The number of anilines is 3. The second-order valence-electron chi connectivity index (χ2n) is 5.91. The van der Waals surface area contributed by atoms with Gasteiger partial charge in [-0.2, -0.15) is 0 Å². The van der Waals surface area contributed by atoms with Gasteiger partial charge in [0.15, 0.2) is 0 Å². The maximum Gasteiger partial charge on any atom is 0.324 e. The van der Waals surface area contributed by atoms with Crippen LogP contribution in [0.5, 0.6) is 0 Å². The molecule has 0 atom stereocenters. The number of nitrogens with zero attached hydrogens (tertiary/aromatic N) is 1. The van der Waals surface area contributed by atoms with E-state index in [1.165, 1.54) is 16.9 Å². The summed E-state index contributed by atoms with van der Waals surface area (Å²) in [5.74, 6) is 0.434. The SMILES string of the molecule is O=C(Nc1ccc2c(c1)N(C(=O)C1CC1)CC2)Nc1cccs1. The first-order chi connectivity index (χ1) is 11.2. The van der Waals surface area contributed by atoms with Crippen LogP contribution < -0.4 is 15.5 Å². The number of urea groups is 1. The quantitative estimate of drug-likeness (QED) is 0.903. The van der Waals surface area contributed by atoms with Crippen molar-refractivity contribution in [1.82, 2.24) is 0 Å². The Balaban J connectivity index is 1.49. The van der Waals surface area contributed by atoms with Crippen LogP contribution in [-0.2, 0) is 11.2 Å². The number of nitrogens with one attached hydrogen (secondary N) is 2. The third-order valence-electron chi connectivity index (χ3n) is 4.19. The van der Waals surface area contributed by atoms with Gasteiger partial charge in [-0.25, -0.2) is 4.79 Å². The minimum Gasteiger partial charge on any atom is -0.312 e. The maximum atomic E-state index is 12.3. The fraction of sp³-hybridized carbons (Fsp3) is 0.294. The number of carbonyl (C=O) groups excluding carboxylic acids is 2. The van der Waals surface area contributed by atoms with E-state index in [0.717, 1.165) is 36.5 Å². The first-order valence-electron chi connectivity index (χ1n) is 7.76. The second-order valence-corrected chi connectivity index (χ2v) is 6.86. The molecule has 1 aliphatic carbocycles. The van der Waals surface area contributed by atoms with Crippen LogP contribution in [0.4, 0.5) is 21.2 Å². The molecule has 0 unspecified atom stereocenters. The van der Waals surface area contributed by atoms with Crippen molar-refractivity contribution in [1.29, 1.82) is 0 Å². The van der Waals surface area contributed by atoms with Gasteiger partial charge in [-0.15, -0.1) is 11.3 Å². The predicted octanol–water partition coefficient (Wildman–Crippen LogP) is 3.69. The lowest BCUT2D eigenvalue weighted by Gasteiger charge is -2.18. The van der Waals surface area contributed by atoms with Gasteiger partial charge >= 0.3 is 6.03 Å². The number of hydrogen-bond donors (Lipinski definition) is 2. The molecule has 1 fully saturated rings. The highest BCUT2D eigenvalue weighted by Crippen LogP contribution is 2.37. The van der Waals surface area contributed by atoms with E-state index in [2.05, 4.69) is 10.6 Å². The molecule has 2 aromatic rings. The molecule has 1 aromatic heterocycles. The van der Waals surface area contributed by atoms with Crippen LogP contribution in [0.15, 0.2) is 35.7 Å². The Hall–Kier alpha value is -2.34. The van der Waals surface area contributed by atoms with Gasteiger partial charge in [-0.1, -0.05) is 6.07 Å². The topological polar surface area (TPSA) is 61.4 Å². The molecule has 23 heavy (non-hydrogen) atoms. The minimum absolute atomic E-state index is 0.208. The lowest BCUT2D eigenvalue weighted by Crippen LogP contribution is -2.30. The van der Waals surface area contributed by atoms with Crippen molar-refractivity contribution in [2.45, 2.75) is 19.3 Å². The normalized spacial score (nSPS) is 16.1. The molecule has 0 radical (unpaired) electrons. The third-order valence-corrected chi connectivity index (χ3v) is 4.97. The molecule has 0 spiro atoms. The molecule has 5 nitrogen and oxygen atoms in total. The van der Waals surface area contributed by atoms with Crippen LogP contribution in [-0.4, -0.2) is 18.5 Å². The highest BCUT2D eigenvalue weighted by atomic mass is 32.1. The van der Waals surface area contributed by atoms with Crippen LogP contribution in [0.25, 0.3) is 0 Å². The van der Waals surface area contributed by atoms with E-state index >= 15 is 0 Å². The highest BCUT2D eigenvalue weighted by Gasteiger charge is 2.36. The number of amides is 3. The van der Waals surface area contributed by atoms with Gasteiger partial charge in [-0.05, 0) is 54.5 Å². The van der Waals surface area contributed by atoms with E-state index in [0.29, 0.717) is 5.69 Å². The van der Waals surface area contributed by atoms with E-state index in [1.807, 2.05) is 40.6 Å². The summed E-state index contributed by atoms with van der Waals surface area (Å²) in [4.78, 5) is 26.2. The van der Waals surface area contributed by atoms with Gasteiger partial charge in [0.2, 0.25) is 5.91 Å². The lowest BCUT2D eigenvalue weighted by atomic mass is 10.1. The van der Waals surface area contributed by atoms with Crippen LogP contribution in [0.1, 0.15) is 18.4 Å². The van der Waals surface area contributed by atoms with Gasteiger partial charge < -0.3 is 10.2 Å². The molecule has 3 amide bonds. The molecule has 6 heteroatoms. The second kappa shape index (κ2) is 5.70. The van der Waals surface area contributed by atoms with Crippen molar-refractivity contribution in [3.05, 3.63) is 41.3 Å². The number of thiophene rings is 1. The zero-order chi connectivity index (χ0) is 15.8. The fourth-order valence-corrected chi connectivity index (χ4v) is 3.47. The zero-order valence-corrected chi connectivity index (χ0v) is 13.4. The standard InChI is InChI=1S/C17H17N3O2S/c21-16(12-3-4-12)20-8-7-11-5-6-13(10-14(11)20)18-17(22)19-15-2-1-9-23-15/h1-2,5-6,9-10,12H,3-4,7-8H2,(H2,18,19,22). The summed E-state index contributed by atoms with van der Waals surface area (Å²) < 4.78 is 0. The van der Waals surface area contributed by atoms with E-state index in [9.17, 15) is 9.59 Å². The van der Waals surface area contributed by atoms with Crippen molar-refractivity contribution in [3.63, 3.8) is 0 Å². The monoisotopic (exact) mass is 327 g/mol. The van der Waals surface area contributed by atoms with Crippen molar-refractivity contribution in [3.8, 4) is 0 Å². The molecular formula is C17H17N3O2S. The third kappa shape index (κ3) is 2.94. The summed E-state index contributed by atoms with van der Waals surface area (Å²) >= 11 is 1.47. The predicted molar refractivity (Wildman–Crippen MR) is 92.2 cm³/mol. The van der Waals surface area contributed by atoms with Gasteiger partial charge in [0.25, 0.3) is 0 Å². The number of carbonyl (C=O) groups is 2. The zero-order valence-electron chi connectivity index (χ0n) is 12.5. The van der Waals surface area contributed by atoms with Crippen molar-refractivity contribution < 1.29 is 9.59 Å². The molecule has 4 rings (SSSR count). The Morgan fingerprint density at radius 2 is 2.04 bits per heavy atom. The summed E-state index contributed by atoms with van der Waals surface area (Å²) in [5.41, 5.74) is 2.81. The maximum absolute atomic E-state index is 12.3. The van der Waals surface area contributed by atoms with Gasteiger partial charge in [0, 0.05) is 23.8 Å². The smallest absolute Gasteiger partial charge is 0.312 e. The Labute approximate surface area is 138 Å². The summed E-state index contributed by atoms with van der Waals surface area (Å²) in [6.45, 7) is 0.746. The number of hydrogen-bond acceptors (Lipinski definition) is 3. The van der Waals surface area contributed by atoms with E-state index < -0.39 is 0 Å². The molecule has 2 aliphatic rings. The molecule has 1 aliphatic heterocycles. The number of rotatable bonds is 3. The summed E-state index contributed by atoms with van der Waals surface area (Å²) in [5, 5.41) is 8.33. The number of benzene rings is 1. The average molecular weight is 327 g/mol. The van der Waals surface area contributed by atoms with Crippen LogP contribution in [0.3, 0.4) is 0 Å². The molecule has 2 heterocycles. The van der Waals surface area contributed by atoms with E-state index in [1.54, 1.807) is 0 Å². The first-order valence-corrected chi connectivity index (χ1v) is 8.64. The Morgan fingerprint density at radius 1 is 1.17 bits per heavy atom. The molecular weight excluding hydrogens is 310 g/mol. The van der Waals surface area contributed by atoms with Crippen LogP contribution in [0.2, 0.25) is 0 Å². The Morgan fingerprint density at radius 3 is 2.78 bits per heavy atom.